The zero-order valence-corrected chi connectivity index (χ0v) is 63.2. The molecule has 536 valence electrons. The number of hydrogen-bond donors (Lipinski definition) is 0. The molecule has 2 aliphatic heterocycles. The van der Waals surface area contributed by atoms with Crippen molar-refractivity contribution in [1.29, 1.82) is 31.6 Å². The fourth-order valence-electron chi connectivity index (χ4n) is 13.4. The number of allylic oxidation sites excluding steroid dienone is 13. The van der Waals surface area contributed by atoms with Gasteiger partial charge < -0.3 is 38.2 Å². The summed E-state index contributed by atoms with van der Waals surface area (Å²) in [6, 6.07) is 43.5. The number of nitriles is 6. The van der Waals surface area contributed by atoms with Crippen LogP contribution in [0.5, 0.6) is 11.5 Å². The Morgan fingerprint density at radius 1 is 0.485 bits per heavy atom. The lowest BCUT2D eigenvalue weighted by molar-refractivity contribution is -0.104. The van der Waals surface area contributed by atoms with E-state index < -0.39 is 11.2 Å². The molecule has 0 radical (unpaired) electrons. The summed E-state index contributed by atoms with van der Waals surface area (Å²) in [5.74, 6) is 3.41. The molecule has 2 atom stereocenters. The third kappa shape index (κ3) is 20.4. The average Bonchev–Trinajstić information content (AvgIpc) is 1.61. The topological polar surface area (TPSA) is 222 Å². The molecular weight excluding hydrogens is 1280 g/mol. The number of carbonyl (C=O) groups is 1. The zero-order valence-electron chi connectivity index (χ0n) is 63.2. The van der Waals surface area contributed by atoms with E-state index in [-0.39, 0.29) is 44.6 Å². The van der Waals surface area contributed by atoms with Gasteiger partial charge in [0.05, 0.1) is 34.0 Å². The molecule has 0 bridgehead atoms. The van der Waals surface area contributed by atoms with Gasteiger partial charge in [-0.05, 0) is 152 Å². The predicted octanol–water partition coefficient (Wildman–Crippen LogP) is 20.4. The fraction of sp³-hybridized carbons (Fsp3) is 0.398. The summed E-state index contributed by atoms with van der Waals surface area (Å²) in [4.78, 5) is 16.1. The molecule has 0 aromatic heterocycles. The SMILES string of the molecule is CC1=C(C#N)C(=C(C#N)C#N)OC1(C)c1ccccc1.CCCCN(CCCC)c1ccc(/C=C/C2=C(OC)C(=C/C=C/C3=C(C#N)C(=C(C#N)C#N)OC3(C)c3ccccc3)/CC(C)(C)C2)c(OC)c1.CCCCN(CCCC)c1ccc(/C=C/C2=C(OC)C(=C/C=O)/CC(C)(C)C2)c(OC)c1. The van der Waals surface area contributed by atoms with Gasteiger partial charge in [0.2, 0.25) is 0 Å². The number of anilines is 2. The normalized spacial score (nSPS) is 18.8. The Balaban J connectivity index is 0.000000271. The maximum Gasteiger partial charge on any atom is 0.172 e. The van der Waals surface area contributed by atoms with Gasteiger partial charge in [0.15, 0.2) is 33.9 Å². The van der Waals surface area contributed by atoms with Crippen molar-refractivity contribution in [3.05, 3.63) is 235 Å². The van der Waals surface area contributed by atoms with Crippen molar-refractivity contribution < 1.29 is 33.2 Å². The Morgan fingerprint density at radius 2 is 0.874 bits per heavy atom. The minimum Gasteiger partial charge on any atom is -0.496 e. The number of carbonyl (C=O) groups excluding carboxylic acids is 1. The standard InChI is InChI=1S/C44H50N4O3.C28H41NO3.C16H11N3O/c1-8-10-24-48(25-11-9-2)37-23-22-32(40(26-37)49-6)20-21-34-28-43(3,4)27-33(41(34)50-7)16-15-19-39-38(31-47)42(35(29-45)30-46)51-44(39,5)36-17-13-12-14-18-36;1-7-9-16-29(17-10-8-2)25-14-13-22(26(19-25)31-5)11-12-23-20-28(3,4)21-24(15-18-30)27(23)32-6;1-11-14(10-19)15(12(8-17)9-18)20-16(11,2)13-6-4-3-5-7-13/h12-23,26H,8-11,24-25,27-28H2,1-7H3;11-15,18-19H,7-10,16-17,20-21H2,1-6H3;3-7H,1-2H3/b19-15+,21-20+,33-16+;12-11+,24-15+;. The van der Waals surface area contributed by atoms with Gasteiger partial charge in [-0.15, -0.1) is 0 Å². The van der Waals surface area contributed by atoms with E-state index in [0.717, 1.165) is 151 Å². The second-order valence-corrected chi connectivity index (χ2v) is 27.8. The summed E-state index contributed by atoms with van der Waals surface area (Å²) < 4.78 is 35.5. The second-order valence-electron chi connectivity index (χ2n) is 27.8. The van der Waals surface area contributed by atoms with Gasteiger partial charge in [-0.2, -0.15) is 31.6 Å². The highest BCUT2D eigenvalue weighted by Gasteiger charge is 2.45. The molecule has 0 spiro atoms. The van der Waals surface area contributed by atoms with E-state index in [2.05, 4.69) is 132 Å². The first-order chi connectivity index (χ1) is 49.5. The summed E-state index contributed by atoms with van der Waals surface area (Å²) in [6.07, 6.45) is 29.4. The van der Waals surface area contributed by atoms with Crippen LogP contribution in [0.4, 0.5) is 11.4 Å². The van der Waals surface area contributed by atoms with Crippen LogP contribution in [-0.2, 0) is 34.9 Å². The van der Waals surface area contributed by atoms with Crippen molar-refractivity contribution in [2.24, 2.45) is 10.8 Å². The van der Waals surface area contributed by atoms with Crippen LogP contribution in [0.25, 0.3) is 12.2 Å². The first-order valence-corrected chi connectivity index (χ1v) is 35.7. The van der Waals surface area contributed by atoms with Crippen molar-refractivity contribution in [3.63, 3.8) is 0 Å². The smallest absolute Gasteiger partial charge is 0.172 e. The van der Waals surface area contributed by atoms with Crippen LogP contribution in [-0.4, -0.2) is 60.9 Å². The number of nitrogens with zero attached hydrogens (tertiary/aromatic N) is 8. The zero-order chi connectivity index (χ0) is 75.3. The van der Waals surface area contributed by atoms with Gasteiger partial charge in [0, 0.05) is 66.4 Å². The molecule has 0 fully saturated rings. The molecule has 2 heterocycles. The Bertz CT molecular complexity index is 4250. The van der Waals surface area contributed by atoms with E-state index in [4.69, 9.17) is 38.9 Å². The Morgan fingerprint density at radius 3 is 1.24 bits per heavy atom. The lowest BCUT2D eigenvalue weighted by atomic mass is 9.74. The number of benzene rings is 4. The highest BCUT2D eigenvalue weighted by molar-refractivity contribution is 5.71. The van der Waals surface area contributed by atoms with Crippen LogP contribution in [0.1, 0.15) is 175 Å². The van der Waals surface area contributed by atoms with Gasteiger partial charge in [0.25, 0.3) is 0 Å². The molecule has 2 unspecified atom stereocenters. The van der Waals surface area contributed by atoms with Crippen LogP contribution >= 0.6 is 0 Å². The summed E-state index contributed by atoms with van der Waals surface area (Å²) in [5.41, 5.74) is 9.70. The van der Waals surface area contributed by atoms with Crippen molar-refractivity contribution in [3.8, 4) is 47.9 Å². The largest absolute Gasteiger partial charge is 0.496 e. The molecule has 4 aromatic rings. The number of methoxy groups -OCH3 is 4. The summed E-state index contributed by atoms with van der Waals surface area (Å²) in [7, 11) is 6.83. The third-order valence-corrected chi connectivity index (χ3v) is 19.0. The van der Waals surface area contributed by atoms with E-state index in [0.29, 0.717) is 11.1 Å². The van der Waals surface area contributed by atoms with Gasteiger partial charge in [-0.1, -0.05) is 184 Å². The quantitative estimate of drug-likeness (QED) is 0.0308. The molecule has 8 rings (SSSR count). The fourth-order valence-corrected chi connectivity index (χ4v) is 13.4. The molecule has 0 N–H and O–H groups in total. The average molecular weight is 1380 g/mol. The molecule has 0 saturated heterocycles. The Labute approximate surface area is 613 Å². The number of aldehydes is 1. The van der Waals surface area contributed by atoms with E-state index in [9.17, 15) is 25.8 Å². The van der Waals surface area contributed by atoms with E-state index in [1.807, 2.05) is 111 Å². The molecular formula is C88H102N8O7. The number of unbranched alkanes of at least 4 members (excludes halogenated alkanes) is 4. The molecule has 4 aliphatic rings. The Kier molecular flexibility index (Phi) is 30.5. The monoisotopic (exact) mass is 1380 g/mol. The van der Waals surface area contributed by atoms with E-state index in [1.165, 1.54) is 37.1 Å². The number of ether oxygens (including phenoxy) is 6. The van der Waals surface area contributed by atoms with E-state index in [1.54, 1.807) is 53.6 Å². The first-order valence-electron chi connectivity index (χ1n) is 35.7. The molecule has 15 heteroatoms. The predicted molar refractivity (Wildman–Crippen MR) is 411 cm³/mol. The van der Waals surface area contributed by atoms with E-state index >= 15 is 0 Å². The highest BCUT2D eigenvalue weighted by Crippen LogP contribution is 2.49. The number of rotatable bonds is 27. The molecule has 103 heavy (non-hydrogen) atoms. The Hall–Kier alpha value is -11.0. The van der Waals surface area contributed by atoms with Crippen molar-refractivity contribution >= 4 is 29.8 Å². The van der Waals surface area contributed by atoms with Crippen molar-refractivity contribution in [2.45, 2.75) is 164 Å². The molecule has 4 aromatic carbocycles. The molecule has 15 nitrogen and oxygen atoms in total. The van der Waals surface area contributed by atoms with Crippen molar-refractivity contribution in [1.82, 2.24) is 0 Å². The van der Waals surface area contributed by atoms with Crippen LogP contribution in [0.3, 0.4) is 0 Å². The molecule has 0 saturated carbocycles. The maximum atomic E-state index is 11.1. The summed E-state index contributed by atoms with van der Waals surface area (Å²) >= 11 is 0. The second kappa shape index (κ2) is 38.7. The van der Waals surface area contributed by atoms with Gasteiger partial charge >= 0.3 is 0 Å². The molecule has 2 aliphatic carbocycles. The van der Waals surface area contributed by atoms with Gasteiger partial charge in [-0.3, -0.25) is 4.79 Å². The maximum absolute atomic E-state index is 11.1. The van der Waals surface area contributed by atoms with Gasteiger partial charge in [0.1, 0.15) is 71.3 Å². The van der Waals surface area contributed by atoms with Crippen molar-refractivity contribution in [2.75, 3.05) is 64.4 Å². The lowest BCUT2D eigenvalue weighted by Crippen LogP contribution is -2.25. The third-order valence-electron chi connectivity index (χ3n) is 19.0. The minimum atomic E-state index is -1.08. The van der Waals surface area contributed by atoms with Crippen LogP contribution in [0.15, 0.2) is 212 Å². The first kappa shape index (κ1) is 81.0. The van der Waals surface area contributed by atoms with Crippen LogP contribution < -0.4 is 19.3 Å². The highest BCUT2D eigenvalue weighted by atomic mass is 16.5. The minimum absolute atomic E-state index is 0.00273. The summed E-state index contributed by atoms with van der Waals surface area (Å²) in [5, 5.41) is 56.7. The van der Waals surface area contributed by atoms with Gasteiger partial charge in [-0.25, -0.2) is 0 Å². The lowest BCUT2D eigenvalue weighted by Gasteiger charge is -2.33. The molecule has 0 amide bonds. The van der Waals surface area contributed by atoms with Crippen LogP contribution in [0, 0.1) is 78.8 Å². The number of hydrogen-bond acceptors (Lipinski definition) is 15. The summed E-state index contributed by atoms with van der Waals surface area (Å²) in [6.45, 7) is 27.5. The van der Waals surface area contributed by atoms with Crippen LogP contribution in [0.2, 0.25) is 0 Å².